The van der Waals surface area contributed by atoms with Gasteiger partial charge >= 0.3 is 0 Å². The molecule has 0 unspecified atom stereocenters. The Morgan fingerprint density at radius 2 is 0.689 bits per heavy atom. The van der Waals surface area contributed by atoms with E-state index in [0.29, 0.717) is 5.69 Å². The fourth-order valence-corrected chi connectivity index (χ4v) is 17.2. The van der Waals surface area contributed by atoms with Crippen LogP contribution in [0.1, 0.15) is 37.3 Å². The molecule has 0 saturated heterocycles. The second kappa shape index (κ2) is 24.1. The van der Waals surface area contributed by atoms with Crippen LogP contribution in [0.3, 0.4) is 0 Å². The Bertz CT molecular complexity index is 7030. The fraction of sp³-hybridized carbons (Fsp3) is 0.0400. The molecule has 19 aromatic rings. The van der Waals surface area contributed by atoms with Gasteiger partial charge in [-0.3, -0.25) is 0 Å². The molecule has 106 heavy (non-hydrogen) atoms. The Kier molecular flexibility index (Phi) is 12.1. The van der Waals surface area contributed by atoms with Crippen LogP contribution >= 0.6 is 0 Å². The van der Waals surface area contributed by atoms with Crippen LogP contribution in [-0.2, 0) is 5.41 Å². The maximum atomic E-state index is 9.86. The molecule has 5 nitrogen and oxygen atoms in total. The van der Waals surface area contributed by atoms with Crippen molar-refractivity contribution in [1.29, 1.82) is 0 Å². The van der Waals surface area contributed by atoms with E-state index in [0.717, 1.165) is 150 Å². The molecule has 498 valence electrons. The van der Waals surface area contributed by atoms with Crippen LogP contribution in [0.25, 0.3) is 138 Å². The van der Waals surface area contributed by atoms with Crippen LogP contribution < -0.4 is 26.2 Å². The number of rotatable bonds is 10. The van der Waals surface area contributed by atoms with Gasteiger partial charge in [0.1, 0.15) is 0 Å². The van der Waals surface area contributed by atoms with Gasteiger partial charge in [0.25, 0.3) is 6.71 Å². The van der Waals surface area contributed by atoms with Gasteiger partial charge in [-0.15, -0.1) is 0 Å². The first-order valence-corrected chi connectivity index (χ1v) is 36.3. The highest BCUT2D eigenvalue weighted by molar-refractivity contribution is 7.00. The summed E-state index contributed by atoms with van der Waals surface area (Å²) in [4.78, 5) is 4.95. The average Bonchev–Trinajstić information content (AvgIpc) is 1.15. The van der Waals surface area contributed by atoms with E-state index in [1.165, 1.54) is 16.3 Å². The summed E-state index contributed by atoms with van der Waals surface area (Å²) in [6, 6.07) is 112. The Morgan fingerprint density at radius 3 is 1.26 bits per heavy atom. The molecular formula is C100H70BN5. The lowest BCUT2D eigenvalue weighted by Gasteiger charge is -2.45. The predicted molar refractivity (Wildman–Crippen MR) is 449 cm³/mol. The number of nitrogens with zero attached hydrogens (tertiary/aromatic N) is 5. The van der Waals surface area contributed by atoms with E-state index < -0.39 is 43.0 Å². The van der Waals surface area contributed by atoms with Gasteiger partial charge in [-0.25, -0.2) is 0 Å². The zero-order chi connectivity index (χ0) is 77.3. The number of hydrogen-bond donors (Lipinski definition) is 0. The lowest BCUT2D eigenvalue weighted by Crippen LogP contribution is -2.61. The third kappa shape index (κ3) is 9.64. The minimum Gasteiger partial charge on any atom is -0.311 e. The fourth-order valence-electron chi connectivity index (χ4n) is 17.2. The van der Waals surface area contributed by atoms with Gasteiger partial charge in [-0.05, 0) is 169 Å². The van der Waals surface area contributed by atoms with E-state index in [4.69, 9.17) is 2.74 Å². The lowest BCUT2D eigenvalue weighted by molar-refractivity contribution is 0.590. The van der Waals surface area contributed by atoms with E-state index in [1.54, 1.807) is 4.57 Å². The summed E-state index contributed by atoms with van der Waals surface area (Å²) >= 11 is 0. The summed E-state index contributed by atoms with van der Waals surface area (Å²) in [7, 11) is 0. The molecule has 21 rings (SSSR count). The van der Waals surface area contributed by atoms with Crippen molar-refractivity contribution in [2.24, 2.45) is 0 Å². The predicted octanol–water partition coefficient (Wildman–Crippen LogP) is 24.7. The molecule has 0 N–H and O–H groups in total. The van der Waals surface area contributed by atoms with Crippen molar-refractivity contribution in [1.82, 2.24) is 13.7 Å². The number of anilines is 6. The Hall–Kier alpha value is -13.4. The SMILES string of the molecule is [2H]c1c([2H])c([2H])c2c(c1[2H])c1c([2H])c([2H])c([2H])c([2H])c1n2-c1ccc2c(c1)N(c1cc(-c3ccccc3)cc(-c3ccccc3)c1)c1cc(-n3c4ccccc4c4cc(-n5c6ccccc6c6ccccc65)ccc43)cc3c1B2c1ccc(-c2cccc(C(C)(C)C)c2)cc1N3c1c(-c2ccccc2)cccc1-c1ccccc1. The molecule has 0 spiro atoms. The number of benzene rings is 16. The Morgan fingerprint density at radius 1 is 0.264 bits per heavy atom. The third-order valence-corrected chi connectivity index (χ3v) is 22.0. The normalized spacial score (nSPS) is 13.7. The molecular weight excluding hydrogens is 1280 g/mol. The highest BCUT2D eigenvalue weighted by atomic mass is 15.2. The zero-order valence-corrected chi connectivity index (χ0v) is 58.4. The van der Waals surface area contributed by atoms with E-state index in [1.807, 2.05) is 18.2 Å². The summed E-state index contributed by atoms with van der Waals surface area (Å²) < 4.78 is 82.2. The Labute approximate surface area is 627 Å². The highest BCUT2D eigenvalue weighted by Gasteiger charge is 2.45. The van der Waals surface area contributed by atoms with Crippen LogP contribution in [0.4, 0.5) is 34.1 Å². The molecule has 0 fully saturated rings. The van der Waals surface area contributed by atoms with Crippen molar-refractivity contribution in [3.8, 4) is 72.7 Å². The monoisotopic (exact) mass is 1360 g/mol. The molecule has 0 amide bonds. The molecule has 2 aliphatic rings. The maximum absolute atomic E-state index is 9.86. The van der Waals surface area contributed by atoms with Gasteiger partial charge in [-0.2, -0.15) is 0 Å². The van der Waals surface area contributed by atoms with Gasteiger partial charge in [0.05, 0.1) is 55.4 Å². The van der Waals surface area contributed by atoms with Crippen molar-refractivity contribution >= 4 is 123 Å². The molecule has 0 saturated carbocycles. The summed E-state index contributed by atoms with van der Waals surface area (Å²) in [5, 5.41) is 4.50. The van der Waals surface area contributed by atoms with Crippen LogP contribution in [0.2, 0.25) is 0 Å². The van der Waals surface area contributed by atoms with Crippen molar-refractivity contribution in [2.45, 2.75) is 26.2 Å². The van der Waals surface area contributed by atoms with E-state index in [2.05, 4.69) is 343 Å². The molecule has 3 aromatic heterocycles. The van der Waals surface area contributed by atoms with Crippen molar-refractivity contribution in [2.75, 3.05) is 9.80 Å². The first-order valence-electron chi connectivity index (χ1n) is 40.3. The summed E-state index contributed by atoms with van der Waals surface area (Å²) in [6.07, 6.45) is 0. The second-order valence-corrected chi connectivity index (χ2v) is 29.0. The van der Waals surface area contributed by atoms with Crippen molar-refractivity contribution in [3.05, 3.63) is 375 Å². The first-order chi connectivity index (χ1) is 55.6. The van der Waals surface area contributed by atoms with Crippen LogP contribution in [-0.4, -0.2) is 20.4 Å². The molecule has 0 atom stereocenters. The maximum Gasteiger partial charge on any atom is 0.252 e. The third-order valence-electron chi connectivity index (χ3n) is 22.0. The van der Waals surface area contributed by atoms with Gasteiger partial charge in [0.15, 0.2) is 0 Å². The van der Waals surface area contributed by atoms with Gasteiger partial charge in [0, 0.05) is 83.3 Å². The topological polar surface area (TPSA) is 21.3 Å². The second-order valence-electron chi connectivity index (χ2n) is 29.0. The van der Waals surface area contributed by atoms with E-state index in [9.17, 15) is 8.22 Å². The number of para-hydroxylation sites is 6. The molecule has 0 radical (unpaired) electrons. The van der Waals surface area contributed by atoms with E-state index in [-0.39, 0.29) is 39.3 Å². The number of fused-ring (bicyclic) bond motifs is 13. The minimum absolute atomic E-state index is 0.00410. The molecule has 5 heterocycles. The molecule has 16 aromatic carbocycles. The molecule has 2 aliphatic heterocycles. The van der Waals surface area contributed by atoms with Gasteiger partial charge in [-0.1, -0.05) is 294 Å². The largest absolute Gasteiger partial charge is 0.311 e. The van der Waals surface area contributed by atoms with Crippen LogP contribution in [0.5, 0.6) is 0 Å². The first kappa shape index (κ1) is 53.4. The summed E-state index contributed by atoms with van der Waals surface area (Å²) in [6.45, 7) is 6.26. The molecule has 6 heteroatoms. The highest BCUT2D eigenvalue weighted by Crippen LogP contribution is 2.53. The molecule has 0 bridgehead atoms. The van der Waals surface area contributed by atoms with E-state index >= 15 is 0 Å². The number of hydrogen-bond acceptors (Lipinski definition) is 2. The quantitative estimate of drug-likeness (QED) is 0.127. The zero-order valence-electron chi connectivity index (χ0n) is 66.4. The molecule has 0 aliphatic carbocycles. The van der Waals surface area contributed by atoms with Crippen molar-refractivity contribution in [3.63, 3.8) is 0 Å². The number of aromatic nitrogens is 3. The summed E-state index contributed by atoms with van der Waals surface area (Å²) in [5.74, 6) is 0. The Balaban J connectivity index is 0.943. The standard InChI is InChI=1S/C100H70BN5/c1-100(2,3)73-37-26-36-69(57-73)70-50-53-86-94(60-70)106(99-78(67-32-12-6-13-33-67)43-27-44-79(99)68-34-14-7-15-35-68)97-64-77(104-92-49-25-20-42-84(92)85-61-74(52-55-93(85)104)102-88-45-21-16-38-80(88)81-39-17-22-46-89(81)102)63-96-98(97)101(86)87-54-51-75(103-90-47-23-18-40-82(90)83-41-19-24-48-91(83)103)62-95(87)105(96)76-58-71(65-28-8-4-9-29-65)56-72(59-76)66-30-10-5-11-31-66/h4-64H,1-3H3/i18D,19D,23D,24D,40D,41D,47D,48D. The lowest BCUT2D eigenvalue weighted by atomic mass is 9.33. The average molecular weight is 1360 g/mol. The van der Waals surface area contributed by atoms with Gasteiger partial charge < -0.3 is 23.5 Å². The van der Waals surface area contributed by atoms with Crippen molar-refractivity contribution < 1.29 is 11.0 Å². The minimum atomic E-state index is -0.514. The van der Waals surface area contributed by atoms with Crippen LogP contribution in [0.15, 0.2) is 370 Å². The van der Waals surface area contributed by atoms with Crippen LogP contribution in [0, 0.1) is 0 Å². The van der Waals surface area contributed by atoms with Gasteiger partial charge in [0.2, 0.25) is 0 Å². The smallest absolute Gasteiger partial charge is 0.252 e. The summed E-state index contributed by atoms with van der Waals surface area (Å²) in [5.41, 5.74) is 26.1.